The minimum atomic E-state index is -4.45. The van der Waals surface area contributed by atoms with E-state index in [1.807, 2.05) is 49.4 Å². The van der Waals surface area contributed by atoms with Crippen LogP contribution >= 0.6 is 0 Å². The second-order valence-electron chi connectivity index (χ2n) is 8.49. The summed E-state index contributed by atoms with van der Waals surface area (Å²) in [6.45, 7) is 2.29. The fourth-order valence-electron chi connectivity index (χ4n) is 4.44. The second-order valence-corrected chi connectivity index (χ2v) is 8.49. The summed E-state index contributed by atoms with van der Waals surface area (Å²) in [6.07, 6.45) is -2.94. The summed E-state index contributed by atoms with van der Waals surface area (Å²) in [7, 11) is 1.57. The van der Waals surface area contributed by atoms with E-state index in [2.05, 4.69) is 4.98 Å². The number of benzene rings is 3. The van der Waals surface area contributed by atoms with Crippen molar-refractivity contribution < 1.29 is 17.9 Å². The first-order chi connectivity index (χ1) is 16.8. The number of hydrogen-bond acceptors (Lipinski definition) is 3. The van der Waals surface area contributed by atoms with Crippen molar-refractivity contribution in [1.82, 2.24) is 14.1 Å². The third-order valence-corrected chi connectivity index (χ3v) is 6.11. The first-order valence-corrected chi connectivity index (χ1v) is 11.0. The van der Waals surface area contributed by atoms with Gasteiger partial charge in [-0.15, -0.1) is 0 Å². The van der Waals surface area contributed by atoms with Gasteiger partial charge >= 0.3 is 6.18 Å². The number of halogens is 3. The summed E-state index contributed by atoms with van der Waals surface area (Å²) in [5.41, 5.74) is 2.86. The van der Waals surface area contributed by atoms with Gasteiger partial charge in [-0.1, -0.05) is 42.0 Å². The van der Waals surface area contributed by atoms with Crippen LogP contribution in [0.2, 0.25) is 0 Å². The maximum absolute atomic E-state index is 13.7. The van der Waals surface area contributed by atoms with Crippen LogP contribution in [-0.4, -0.2) is 21.2 Å². The highest BCUT2D eigenvalue weighted by molar-refractivity contribution is 6.05. The van der Waals surface area contributed by atoms with E-state index in [1.54, 1.807) is 17.7 Å². The molecule has 0 fully saturated rings. The van der Waals surface area contributed by atoms with Crippen LogP contribution in [0.5, 0.6) is 5.75 Å². The molecular formula is C27H22F3N3O2. The number of aryl methyl sites for hydroxylation is 1. The number of aromatic nitrogens is 3. The average Bonchev–Trinajstić information content (AvgIpc) is 3.14. The predicted molar refractivity (Wildman–Crippen MR) is 129 cm³/mol. The maximum Gasteiger partial charge on any atom is 0.416 e. The van der Waals surface area contributed by atoms with Gasteiger partial charge in [-0.3, -0.25) is 9.36 Å². The first-order valence-electron chi connectivity index (χ1n) is 11.0. The molecule has 2 heterocycles. The van der Waals surface area contributed by atoms with E-state index < -0.39 is 11.7 Å². The smallest absolute Gasteiger partial charge is 0.416 e. The lowest BCUT2D eigenvalue weighted by Gasteiger charge is -2.12. The standard InChI is InChI=1S/C27H22F3N3O2/c1-17-10-11-22-21(12-17)24-25(33(22)14-18-6-5-8-20(13-18)27(28,29)30)26(34)32(16-31-24)15-19-7-3-4-9-23(19)35-2/h3-13,16H,14-15H2,1-2H3. The fourth-order valence-corrected chi connectivity index (χ4v) is 4.44. The Labute approximate surface area is 199 Å². The van der Waals surface area contributed by atoms with Gasteiger partial charge in [-0.25, -0.2) is 4.98 Å². The lowest BCUT2D eigenvalue weighted by molar-refractivity contribution is -0.137. The molecular weight excluding hydrogens is 455 g/mol. The Morgan fingerprint density at radius 3 is 2.54 bits per heavy atom. The summed E-state index contributed by atoms with van der Waals surface area (Å²) in [4.78, 5) is 18.3. The zero-order valence-electron chi connectivity index (χ0n) is 19.1. The number of para-hydroxylation sites is 1. The second kappa shape index (κ2) is 8.61. The Morgan fingerprint density at radius 2 is 1.77 bits per heavy atom. The maximum atomic E-state index is 13.7. The third kappa shape index (κ3) is 4.16. The largest absolute Gasteiger partial charge is 0.496 e. The highest BCUT2D eigenvalue weighted by Crippen LogP contribution is 2.31. The number of ether oxygens (including phenoxy) is 1. The van der Waals surface area contributed by atoms with Crippen molar-refractivity contribution in [3.8, 4) is 5.75 Å². The Hall–Kier alpha value is -4.07. The topological polar surface area (TPSA) is 49.0 Å². The molecule has 5 nitrogen and oxygen atoms in total. The van der Waals surface area contributed by atoms with Gasteiger partial charge in [0.05, 0.1) is 31.1 Å². The van der Waals surface area contributed by atoms with Gasteiger partial charge in [0.1, 0.15) is 16.8 Å². The van der Waals surface area contributed by atoms with Gasteiger partial charge < -0.3 is 9.30 Å². The number of fused-ring (bicyclic) bond motifs is 3. The van der Waals surface area contributed by atoms with Crippen molar-refractivity contribution in [2.45, 2.75) is 26.2 Å². The highest BCUT2D eigenvalue weighted by atomic mass is 19.4. The van der Waals surface area contributed by atoms with Crippen LogP contribution < -0.4 is 10.3 Å². The number of nitrogens with zero attached hydrogens (tertiary/aromatic N) is 3. The molecule has 0 saturated heterocycles. The van der Waals surface area contributed by atoms with Crippen molar-refractivity contribution in [2.75, 3.05) is 7.11 Å². The molecule has 0 unspecified atom stereocenters. The molecule has 3 aromatic carbocycles. The van der Waals surface area contributed by atoms with E-state index in [-0.39, 0.29) is 18.6 Å². The lowest BCUT2D eigenvalue weighted by atomic mass is 10.1. The van der Waals surface area contributed by atoms with Gasteiger partial charge in [-0.2, -0.15) is 13.2 Å². The Bertz CT molecular complexity index is 1620. The molecule has 0 aliphatic heterocycles. The molecule has 2 aromatic heterocycles. The monoisotopic (exact) mass is 477 g/mol. The van der Waals surface area contributed by atoms with E-state index in [0.29, 0.717) is 22.3 Å². The SMILES string of the molecule is COc1ccccc1Cn1cnc2c3cc(C)ccc3n(Cc3cccc(C(F)(F)F)c3)c2c1=O. The third-order valence-electron chi connectivity index (χ3n) is 6.11. The van der Waals surface area contributed by atoms with E-state index in [9.17, 15) is 18.0 Å². The Morgan fingerprint density at radius 1 is 0.971 bits per heavy atom. The van der Waals surface area contributed by atoms with Gasteiger partial charge in [0, 0.05) is 17.5 Å². The van der Waals surface area contributed by atoms with E-state index in [0.717, 1.165) is 34.2 Å². The molecule has 0 bridgehead atoms. The minimum absolute atomic E-state index is 0.0998. The molecule has 0 radical (unpaired) electrons. The van der Waals surface area contributed by atoms with Crippen molar-refractivity contribution in [1.29, 1.82) is 0 Å². The molecule has 35 heavy (non-hydrogen) atoms. The molecule has 0 saturated carbocycles. The molecule has 0 amide bonds. The zero-order chi connectivity index (χ0) is 24.7. The molecule has 0 N–H and O–H groups in total. The molecule has 0 aliphatic rings. The zero-order valence-corrected chi connectivity index (χ0v) is 19.1. The quantitative estimate of drug-likeness (QED) is 0.322. The molecule has 0 aliphatic carbocycles. The fraction of sp³-hybridized carbons (Fsp3) is 0.185. The molecule has 5 aromatic rings. The van der Waals surface area contributed by atoms with Crippen LogP contribution in [0, 0.1) is 6.92 Å². The first kappa shape index (κ1) is 22.7. The number of alkyl halides is 3. The number of methoxy groups -OCH3 is 1. The van der Waals surface area contributed by atoms with Gasteiger partial charge in [-0.05, 0) is 42.8 Å². The summed E-state index contributed by atoms with van der Waals surface area (Å²) in [5.74, 6) is 0.652. The van der Waals surface area contributed by atoms with Crippen molar-refractivity contribution in [2.24, 2.45) is 0 Å². The van der Waals surface area contributed by atoms with Crippen LogP contribution in [0.15, 0.2) is 77.9 Å². The average molecular weight is 477 g/mol. The summed E-state index contributed by atoms with van der Waals surface area (Å²) in [6, 6.07) is 18.3. The lowest BCUT2D eigenvalue weighted by Crippen LogP contribution is -2.23. The van der Waals surface area contributed by atoms with Crippen molar-refractivity contribution >= 4 is 21.9 Å². The van der Waals surface area contributed by atoms with Crippen LogP contribution in [0.4, 0.5) is 13.2 Å². The van der Waals surface area contributed by atoms with Crippen LogP contribution in [-0.2, 0) is 19.3 Å². The van der Waals surface area contributed by atoms with Gasteiger partial charge in [0.25, 0.3) is 5.56 Å². The normalized spacial score (nSPS) is 11.9. The highest BCUT2D eigenvalue weighted by Gasteiger charge is 2.30. The molecule has 178 valence electrons. The van der Waals surface area contributed by atoms with Gasteiger partial charge in [0.2, 0.25) is 0 Å². The summed E-state index contributed by atoms with van der Waals surface area (Å²) in [5, 5.41) is 0.786. The van der Waals surface area contributed by atoms with E-state index in [1.165, 1.54) is 17.0 Å². The van der Waals surface area contributed by atoms with Crippen LogP contribution in [0.3, 0.4) is 0 Å². The minimum Gasteiger partial charge on any atom is -0.496 e. The van der Waals surface area contributed by atoms with Crippen molar-refractivity contribution in [3.05, 3.63) is 106 Å². The van der Waals surface area contributed by atoms with E-state index in [4.69, 9.17) is 4.74 Å². The molecule has 8 heteroatoms. The van der Waals surface area contributed by atoms with Crippen molar-refractivity contribution in [3.63, 3.8) is 0 Å². The number of hydrogen-bond donors (Lipinski definition) is 0. The van der Waals surface area contributed by atoms with Crippen LogP contribution in [0.25, 0.3) is 21.9 Å². The molecule has 0 spiro atoms. The number of rotatable bonds is 5. The molecule has 5 rings (SSSR count). The predicted octanol–water partition coefficient (Wildman–Crippen LogP) is 5.78. The van der Waals surface area contributed by atoms with Crippen LogP contribution in [0.1, 0.15) is 22.3 Å². The summed E-state index contributed by atoms with van der Waals surface area (Å²) < 4.78 is 48.6. The van der Waals surface area contributed by atoms with E-state index >= 15 is 0 Å². The molecule has 0 atom stereocenters. The summed E-state index contributed by atoms with van der Waals surface area (Å²) >= 11 is 0. The Balaban J connectivity index is 1.70. The Kier molecular flexibility index (Phi) is 5.59. The van der Waals surface area contributed by atoms with Gasteiger partial charge in [0.15, 0.2) is 0 Å².